The zero-order chi connectivity index (χ0) is 10.1. The number of alkyl halides is 2. The van der Waals surface area contributed by atoms with Crippen LogP contribution in [0.3, 0.4) is 0 Å². The maximum atomic E-state index is 11.9. The molecule has 5 heteroatoms. The number of ether oxygens (including phenoxy) is 1. The van der Waals surface area contributed by atoms with Crippen molar-refractivity contribution in [3.63, 3.8) is 0 Å². The van der Waals surface area contributed by atoms with E-state index in [9.17, 15) is 8.78 Å². The molecule has 1 unspecified atom stereocenters. The molecule has 0 bridgehead atoms. The van der Waals surface area contributed by atoms with Crippen molar-refractivity contribution in [2.45, 2.75) is 25.5 Å². The van der Waals surface area contributed by atoms with Crippen LogP contribution in [0, 0.1) is 0 Å². The molecule has 2 nitrogen and oxygen atoms in total. The first-order chi connectivity index (χ1) is 6.66. The zero-order valence-electron chi connectivity index (χ0n) is 7.95. The minimum Gasteiger partial charge on any atom is -0.435 e. The summed E-state index contributed by atoms with van der Waals surface area (Å²) in [4.78, 5) is 0. The summed E-state index contributed by atoms with van der Waals surface area (Å²) < 4.78 is 28.1. The zero-order valence-corrected chi connectivity index (χ0v) is 8.77. The van der Waals surface area contributed by atoms with Crippen LogP contribution in [0.2, 0.25) is 0 Å². The van der Waals surface area contributed by atoms with E-state index in [1.165, 1.54) is 0 Å². The van der Waals surface area contributed by atoms with Crippen LogP contribution < -0.4 is 10.5 Å². The van der Waals surface area contributed by atoms with Crippen LogP contribution in [-0.2, 0) is 6.42 Å². The summed E-state index contributed by atoms with van der Waals surface area (Å²) in [6.07, 6.45) is 1.80. The van der Waals surface area contributed by atoms with E-state index in [1.54, 1.807) is 18.2 Å². The fourth-order valence-electron chi connectivity index (χ4n) is 1.79. The van der Waals surface area contributed by atoms with Gasteiger partial charge in [-0.25, -0.2) is 0 Å². The fourth-order valence-corrected chi connectivity index (χ4v) is 1.79. The summed E-state index contributed by atoms with van der Waals surface area (Å²) in [6.45, 7) is -2.77. The van der Waals surface area contributed by atoms with Crippen LogP contribution in [-0.4, -0.2) is 6.61 Å². The van der Waals surface area contributed by atoms with E-state index >= 15 is 0 Å². The predicted octanol–water partition coefficient (Wildman–Crippen LogP) is 2.66. The van der Waals surface area contributed by atoms with Gasteiger partial charge in [0.1, 0.15) is 5.75 Å². The molecule has 1 atom stereocenters. The summed E-state index contributed by atoms with van der Waals surface area (Å²) in [5.74, 6) is 0.191. The van der Waals surface area contributed by atoms with Gasteiger partial charge < -0.3 is 10.5 Å². The van der Waals surface area contributed by atoms with Crippen LogP contribution in [0.4, 0.5) is 8.78 Å². The van der Waals surface area contributed by atoms with Crippen molar-refractivity contribution in [1.29, 1.82) is 0 Å². The van der Waals surface area contributed by atoms with E-state index in [4.69, 9.17) is 5.73 Å². The Labute approximate surface area is 92.8 Å². The van der Waals surface area contributed by atoms with Crippen molar-refractivity contribution in [2.24, 2.45) is 5.73 Å². The number of nitrogens with two attached hydrogens (primary N) is 1. The first kappa shape index (κ1) is 12.2. The summed E-state index contributed by atoms with van der Waals surface area (Å²) in [5.41, 5.74) is 7.87. The average Bonchev–Trinajstić information content (AvgIpc) is 2.47. The standard InChI is InChI=1S/C10H11F2NO.ClH/c11-10(12)14-7-3-1-6-2-4-9(13)8(6)5-7;/h1,3,5,9-10H,2,4,13H2;1H. The third-order valence-electron chi connectivity index (χ3n) is 2.47. The summed E-state index contributed by atoms with van der Waals surface area (Å²) in [6, 6.07) is 4.94. The van der Waals surface area contributed by atoms with Crippen molar-refractivity contribution in [3.8, 4) is 5.75 Å². The molecule has 0 spiro atoms. The van der Waals surface area contributed by atoms with Crippen LogP contribution in [0.25, 0.3) is 0 Å². The monoisotopic (exact) mass is 235 g/mol. The molecule has 0 radical (unpaired) electrons. The quantitative estimate of drug-likeness (QED) is 0.855. The van der Waals surface area contributed by atoms with Crippen molar-refractivity contribution in [3.05, 3.63) is 29.3 Å². The lowest BCUT2D eigenvalue weighted by atomic mass is 10.1. The highest BCUT2D eigenvalue weighted by molar-refractivity contribution is 5.85. The van der Waals surface area contributed by atoms with Gasteiger partial charge in [0.15, 0.2) is 0 Å². The Morgan fingerprint density at radius 1 is 1.40 bits per heavy atom. The topological polar surface area (TPSA) is 35.2 Å². The number of benzene rings is 1. The summed E-state index contributed by atoms with van der Waals surface area (Å²) >= 11 is 0. The van der Waals surface area contributed by atoms with Gasteiger partial charge in [0, 0.05) is 6.04 Å². The second-order valence-corrected chi connectivity index (χ2v) is 3.38. The molecule has 1 aliphatic carbocycles. The van der Waals surface area contributed by atoms with Gasteiger partial charge in [0.25, 0.3) is 0 Å². The first-order valence-corrected chi connectivity index (χ1v) is 4.50. The third-order valence-corrected chi connectivity index (χ3v) is 2.47. The van der Waals surface area contributed by atoms with Crippen LogP contribution in [0.15, 0.2) is 18.2 Å². The molecule has 2 N–H and O–H groups in total. The average molecular weight is 236 g/mol. The van der Waals surface area contributed by atoms with Crippen molar-refractivity contribution < 1.29 is 13.5 Å². The summed E-state index contributed by atoms with van der Waals surface area (Å²) in [7, 11) is 0. The maximum absolute atomic E-state index is 11.9. The van der Waals surface area contributed by atoms with E-state index in [0.29, 0.717) is 0 Å². The number of hydrogen-bond donors (Lipinski definition) is 1. The molecule has 0 saturated carbocycles. The SMILES string of the molecule is Cl.NC1CCc2ccc(OC(F)F)cc21. The smallest absolute Gasteiger partial charge is 0.387 e. The van der Waals surface area contributed by atoms with Crippen molar-refractivity contribution in [2.75, 3.05) is 0 Å². The van der Waals surface area contributed by atoms with E-state index < -0.39 is 6.61 Å². The molecule has 0 fully saturated rings. The lowest BCUT2D eigenvalue weighted by Gasteiger charge is -2.08. The van der Waals surface area contributed by atoms with Crippen LogP contribution >= 0.6 is 12.4 Å². The Bertz CT molecular complexity index is 346. The van der Waals surface area contributed by atoms with Gasteiger partial charge in [0.05, 0.1) is 0 Å². The number of halogens is 3. The van der Waals surface area contributed by atoms with Gasteiger partial charge in [-0.05, 0) is 36.1 Å². The van der Waals surface area contributed by atoms with Gasteiger partial charge in [-0.3, -0.25) is 0 Å². The first-order valence-electron chi connectivity index (χ1n) is 4.50. The number of rotatable bonds is 2. The lowest BCUT2D eigenvalue weighted by molar-refractivity contribution is -0.0498. The van der Waals surface area contributed by atoms with Gasteiger partial charge in [-0.1, -0.05) is 6.07 Å². The normalized spacial score (nSPS) is 18.5. The van der Waals surface area contributed by atoms with Crippen molar-refractivity contribution in [1.82, 2.24) is 0 Å². The Morgan fingerprint density at radius 2 is 2.13 bits per heavy atom. The van der Waals surface area contributed by atoms with Crippen molar-refractivity contribution >= 4 is 12.4 Å². The van der Waals surface area contributed by atoms with E-state index in [1.807, 2.05) is 0 Å². The highest BCUT2D eigenvalue weighted by atomic mass is 35.5. The molecule has 1 aromatic carbocycles. The fraction of sp³-hybridized carbons (Fsp3) is 0.400. The molecule has 0 aromatic heterocycles. The molecule has 84 valence electrons. The maximum Gasteiger partial charge on any atom is 0.387 e. The minimum atomic E-state index is -2.77. The second-order valence-electron chi connectivity index (χ2n) is 3.38. The molecule has 0 aliphatic heterocycles. The Balaban J connectivity index is 0.00000112. The molecule has 15 heavy (non-hydrogen) atoms. The van der Waals surface area contributed by atoms with Gasteiger partial charge in [0.2, 0.25) is 0 Å². The van der Waals surface area contributed by atoms with E-state index in [2.05, 4.69) is 4.74 Å². The molecule has 1 aliphatic rings. The minimum absolute atomic E-state index is 0. The molecule has 0 heterocycles. The number of fused-ring (bicyclic) bond motifs is 1. The Hall–Kier alpha value is -0.870. The second kappa shape index (κ2) is 4.77. The van der Waals surface area contributed by atoms with Crippen LogP contribution in [0.1, 0.15) is 23.6 Å². The van der Waals surface area contributed by atoms with E-state index in [-0.39, 0.29) is 24.2 Å². The molecule has 0 amide bonds. The lowest BCUT2D eigenvalue weighted by Crippen LogP contribution is -2.06. The number of hydrogen-bond acceptors (Lipinski definition) is 2. The van der Waals surface area contributed by atoms with Crippen LogP contribution in [0.5, 0.6) is 5.75 Å². The largest absolute Gasteiger partial charge is 0.435 e. The Morgan fingerprint density at radius 3 is 2.80 bits per heavy atom. The molecule has 1 aromatic rings. The van der Waals surface area contributed by atoms with E-state index in [0.717, 1.165) is 24.0 Å². The van der Waals surface area contributed by atoms with Gasteiger partial charge in [-0.2, -0.15) is 8.78 Å². The third kappa shape index (κ3) is 2.58. The predicted molar refractivity (Wildman–Crippen MR) is 55.6 cm³/mol. The molecule has 0 saturated heterocycles. The van der Waals surface area contributed by atoms with Gasteiger partial charge in [-0.15, -0.1) is 12.4 Å². The molecular formula is C10H12ClF2NO. The molecule has 2 rings (SSSR count). The highest BCUT2D eigenvalue weighted by Crippen LogP contribution is 2.32. The van der Waals surface area contributed by atoms with Gasteiger partial charge >= 0.3 is 6.61 Å². The summed E-state index contributed by atoms with van der Waals surface area (Å²) in [5, 5.41) is 0. The molecular weight excluding hydrogens is 224 g/mol. The highest BCUT2D eigenvalue weighted by Gasteiger charge is 2.19. The Kier molecular flexibility index (Phi) is 3.88. The number of aryl methyl sites for hydroxylation is 1.